The van der Waals surface area contributed by atoms with Crippen LogP contribution in [0.4, 0.5) is 0 Å². The van der Waals surface area contributed by atoms with E-state index in [1.165, 1.54) is 9.75 Å². The molecule has 3 nitrogen and oxygen atoms in total. The number of aryl methyl sites for hydroxylation is 1. The molecule has 0 spiro atoms. The molecule has 1 aliphatic heterocycles. The molecule has 0 radical (unpaired) electrons. The lowest BCUT2D eigenvalue weighted by Crippen LogP contribution is -2.19. The quantitative estimate of drug-likeness (QED) is 0.921. The summed E-state index contributed by atoms with van der Waals surface area (Å²) < 4.78 is 11.2. The zero-order chi connectivity index (χ0) is 14.8. The number of fused-ring (bicyclic) bond motifs is 1. The molecule has 112 valence electrons. The van der Waals surface area contributed by atoms with Gasteiger partial charge in [0.1, 0.15) is 13.2 Å². The normalized spacial score (nSPS) is 15.0. The van der Waals surface area contributed by atoms with Gasteiger partial charge in [0.25, 0.3) is 0 Å². The summed E-state index contributed by atoms with van der Waals surface area (Å²) in [7, 11) is 1.95. The summed E-state index contributed by atoms with van der Waals surface area (Å²) in [4.78, 5) is 2.63. The molecule has 0 amide bonds. The maximum Gasteiger partial charge on any atom is 0.162 e. The van der Waals surface area contributed by atoms with Crippen LogP contribution in [0.25, 0.3) is 0 Å². The molecule has 0 aliphatic carbocycles. The van der Waals surface area contributed by atoms with Crippen LogP contribution in [-0.2, 0) is 6.42 Å². The average molecular weight is 324 g/mol. The van der Waals surface area contributed by atoms with E-state index in [0.29, 0.717) is 18.2 Å². The summed E-state index contributed by atoms with van der Waals surface area (Å²) in [6.07, 6.45) is 1.05. The van der Waals surface area contributed by atoms with Crippen LogP contribution in [0.2, 0.25) is 5.02 Å². The van der Waals surface area contributed by atoms with E-state index in [9.17, 15) is 0 Å². The maximum absolute atomic E-state index is 6.45. The van der Waals surface area contributed by atoms with Gasteiger partial charge in [-0.05, 0) is 37.2 Å². The Kier molecular flexibility index (Phi) is 4.38. The second-order valence-electron chi connectivity index (χ2n) is 4.90. The Morgan fingerprint density at radius 1 is 1.24 bits per heavy atom. The SMILES string of the molecule is CCc1ccc(C(NC)c2cc3c(cc2Cl)OCCO3)s1. The molecule has 1 unspecified atom stereocenters. The molecule has 2 heterocycles. The highest BCUT2D eigenvalue weighted by molar-refractivity contribution is 7.12. The van der Waals surface area contributed by atoms with Gasteiger partial charge in [0, 0.05) is 20.8 Å². The highest BCUT2D eigenvalue weighted by Gasteiger charge is 2.22. The van der Waals surface area contributed by atoms with Crippen molar-refractivity contribution in [2.45, 2.75) is 19.4 Å². The van der Waals surface area contributed by atoms with Crippen molar-refractivity contribution in [2.24, 2.45) is 0 Å². The number of thiophene rings is 1. The third-order valence-corrected chi connectivity index (χ3v) is 5.20. The van der Waals surface area contributed by atoms with E-state index in [-0.39, 0.29) is 6.04 Å². The van der Waals surface area contributed by atoms with E-state index in [4.69, 9.17) is 21.1 Å². The van der Waals surface area contributed by atoms with Gasteiger partial charge in [-0.15, -0.1) is 11.3 Å². The number of ether oxygens (including phenoxy) is 2. The van der Waals surface area contributed by atoms with Gasteiger partial charge in [-0.1, -0.05) is 18.5 Å². The number of hydrogen-bond donors (Lipinski definition) is 1. The van der Waals surface area contributed by atoms with E-state index in [2.05, 4.69) is 24.4 Å². The Morgan fingerprint density at radius 3 is 2.57 bits per heavy atom. The minimum absolute atomic E-state index is 0.0682. The first-order valence-corrected chi connectivity index (χ1v) is 8.27. The summed E-state index contributed by atoms with van der Waals surface area (Å²) in [6.45, 7) is 3.32. The van der Waals surface area contributed by atoms with Crippen LogP contribution in [-0.4, -0.2) is 20.3 Å². The smallest absolute Gasteiger partial charge is 0.162 e. The molecule has 0 saturated heterocycles. The molecule has 0 saturated carbocycles. The van der Waals surface area contributed by atoms with Gasteiger partial charge in [-0.25, -0.2) is 0 Å². The lowest BCUT2D eigenvalue weighted by atomic mass is 10.0. The molecule has 3 rings (SSSR count). The minimum Gasteiger partial charge on any atom is -0.486 e. The average Bonchev–Trinajstić information content (AvgIpc) is 2.97. The topological polar surface area (TPSA) is 30.5 Å². The largest absolute Gasteiger partial charge is 0.486 e. The Morgan fingerprint density at radius 2 is 1.95 bits per heavy atom. The first-order valence-electron chi connectivity index (χ1n) is 7.07. The molecule has 1 aromatic carbocycles. The molecule has 1 aliphatic rings. The number of halogens is 1. The van der Waals surface area contributed by atoms with Crippen molar-refractivity contribution in [3.63, 3.8) is 0 Å². The predicted octanol–water partition coefficient (Wildman–Crippen LogP) is 4.04. The van der Waals surface area contributed by atoms with E-state index >= 15 is 0 Å². The second-order valence-corrected chi connectivity index (χ2v) is 6.50. The van der Waals surface area contributed by atoms with Gasteiger partial charge in [-0.2, -0.15) is 0 Å². The van der Waals surface area contributed by atoms with E-state index < -0.39 is 0 Å². The molecule has 1 N–H and O–H groups in total. The Labute approximate surface area is 133 Å². The molecular formula is C16H18ClNO2S. The van der Waals surface area contributed by atoms with Crippen molar-refractivity contribution in [1.82, 2.24) is 5.32 Å². The van der Waals surface area contributed by atoms with Crippen LogP contribution in [0.1, 0.15) is 28.3 Å². The van der Waals surface area contributed by atoms with Crippen LogP contribution in [0.15, 0.2) is 24.3 Å². The number of nitrogens with one attached hydrogen (secondary N) is 1. The highest BCUT2D eigenvalue weighted by atomic mass is 35.5. The van der Waals surface area contributed by atoms with Crippen molar-refractivity contribution in [2.75, 3.05) is 20.3 Å². The maximum atomic E-state index is 6.45. The van der Waals surface area contributed by atoms with Crippen LogP contribution in [0.3, 0.4) is 0 Å². The zero-order valence-electron chi connectivity index (χ0n) is 12.1. The highest BCUT2D eigenvalue weighted by Crippen LogP contribution is 2.40. The van der Waals surface area contributed by atoms with E-state index in [0.717, 1.165) is 23.5 Å². The molecule has 1 aromatic heterocycles. The summed E-state index contributed by atoms with van der Waals surface area (Å²) in [5.74, 6) is 1.50. The van der Waals surface area contributed by atoms with E-state index in [1.807, 2.05) is 30.5 Å². The monoisotopic (exact) mass is 323 g/mol. The van der Waals surface area contributed by atoms with Crippen molar-refractivity contribution in [3.8, 4) is 11.5 Å². The minimum atomic E-state index is 0.0682. The van der Waals surface area contributed by atoms with Gasteiger partial charge in [-0.3, -0.25) is 0 Å². The fraction of sp³-hybridized carbons (Fsp3) is 0.375. The standard InChI is InChI=1S/C16H18ClNO2S/c1-3-10-4-5-15(21-10)16(18-2)11-8-13-14(9-12(11)17)20-7-6-19-13/h4-5,8-9,16,18H,3,6-7H2,1-2H3. The van der Waals surface area contributed by atoms with Crippen molar-refractivity contribution in [3.05, 3.63) is 44.6 Å². The zero-order valence-corrected chi connectivity index (χ0v) is 13.7. The first kappa shape index (κ1) is 14.7. The fourth-order valence-corrected chi connectivity index (χ4v) is 3.84. The Balaban J connectivity index is 2.00. The first-order chi connectivity index (χ1) is 10.2. The third-order valence-electron chi connectivity index (χ3n) is 3.58. The number of benzene rings is 1. The van der Waals surface area contributed by atoms with Crippen LogP contribution >= 0.6 is 22.9 Å². The molecule has 2 aromatic rings. The molecule has 0 fully saturated rings. The molecule has 21 heavy (non-hydrogen) atoms. The van der Waals surface area contributed by atoms with E-state index in [1.54, 1.807) is 0 Å². The van der Waals surface area contributed by atoms with Crippen LogP contribution in [0, 0.1) is 0 Å². The second kappa shape index (κ2) is 6.26. The number of hydrogen-bond acceptors (Lipinski definition) is 4. The van der Waals surface area contributed by atoms with Crippen molar-refractivity contribution >= 4 is 22.9 Å². The van der Waals surface area contributed by atoms with Crippen molar-refractivity contribution < 1.29 is 9.47 Å². The molecule has 1 atom stereocenters. The van der Waals surface area contributed by atoms with Crippen molar-refractivity contribution in [1.29, 1.82) is 0 Å². The van der Waals surface area contributed by atoms with Crippen LogP contribution in [0.5, 0.6) is 11.5 Å². The van der Waals surface area contributed by atoms with Gasteiger partial charge < -0.3 is 14.8 Å². The summed E-state index contributed by atoms with van der Waals surface area (Å²) in [5.41, 5.74) is 1.02. The summed E-state index contributed by atoms with van der Waals surface area (Å²) in [5, 5.41) is 4.05. The van der Waals surface area contributed by atoms with Gasteiger partial charge >= 0.3 is 0 Å². The predicted molar refractivity (Wildman–Crippen MR) is 87.0 cm³/mol. The molecule has 5 heteroatoms. The summed E-state index contributed by atoms with van der Waals surface area (Å²) >= 11 is 8.27. The molecule has 0 bridgehead atoms. The van der Waals surface area contributed by atoms with Gasteiger partial charge in [0.15, 0.2) is 11.5 Å². The van der Waals surface area contributed by atoms with Crippen LogP contribution < -0.4 is 14.8 Å². The van der Waals surface area contributed by atoms with Gasteiger partial charge in [0.2, 0.25) is 0 Å². The van der Waals surface area contributed by atoms with Gasteiger partial charge in [0.05, 0.1) is 6.04 Å². The Hall–Kier alpha value is -1.23. The lowest BCUT2D eigenvalue weighted by molar-refractivity contribution is 0.171. The Bertz CT molecular complexity index is 641. The lowest BCUT2D eigenvalue weighted by Gasteiger charge is -2.23. The third kappa shape index (κ3) is 2.89. The molecular weight excluding hydrogens is 306 g/mol. The number of rotatable bonds is 4. The fourth-order valence-electron chi connectivity index (χ4n) is 2.49. The summed E-state index contributed by atoms with van der Waals surface area (Å²) in [6, 6.07) is 8.25.